The Kier molecular flexibility index (Phi) is 1.59. The maximum atomic E-state index is 8.57. The molecule has 0 spiro atoms. The van der Waals surface area contributed by atoms with Crippen molar-refractivity contribution in [3.05, 3.63) is 34.6 Å². The zero-order valence-corrected chi connectivity index (χ0v) is 7.62. The fourth-order valence-corrected chi connectivity index (χ4v) is 1.34. The first-order valence-electron chi connectivity index (χ1n) is 3.34. The lowest BCUT2D eigenvalue weighted by Crippen LogP contribution is -1.85. The number of hydrogen-bond donors (Lipinski definition) is 0. The van der Waals surface area contributed by atoms with Crippen molar-refractivity contribution in [2.24, 2.45) is 0 Å². The topological polar surface area (TPSA) is 41.1 Å². The molecule has 58 valence electrons. The number of hydrogen-bond acceptors (Lipinski definition) is 2. The Bertz CT molecular complexity index is 467. The Balaban J connectivity index is 2.77. The number of nitrogens with zero attached hydrogens (tertiary/aromatic N) is 3. The highest BCUT2D eigenvalue weighted by Gasteiger charge is 1.99. The van der Waals surface area contributed by atoms with Crippen molar-refractivity contribution in [2.75, 3.05) is 0 Å². The summed E-state index contributed by atoms with van der Waals surface area (Å²) in [6, 6.07) is 7.55. The Hall–Kier alpha value is -1.34. The molecular formula is C8H4BrN3. The molecule has 2 aromatic heterocycles. The number of pyridine rings is 1. The van der Waals surface area contributed by atoms with Crippen LogP contribution in [0.1, 0.15) is 5.69 Å². The van der Waals surface area contributed by atoms with E-state index in [4.69, 9.17) is 5.26 Å². The number of rotatable bonds is 0. The monoisotopic (exact) mass is 221 g/mol. The maximum absolute atomic E-state index is 8.57. The lowest BCUT2D eigenvalue weighted by Gasteiger charge is -1.91. The van der Waals surface area contributed by atoms with Crippen molar-refractivity contribution >= 4 is 21.4 Å². The van der Waals surface area contributed by atoms with E-state index in [-0.39, 0.29) is 0 Å². The average molecular weight is 222 g/mol. The Morgan fingerprint density at radius 1 is 1.50 bits per heavy atom. The highest BCUT2D eigenvalue weighted by Crippen LogP contribution is 2.12. The van der Waals surface area contributed by atoms with E-state index < -0.39 is 0 Å². The second-order valence-electron chi connectivity index (χ2n) is 2.36. The van der Waals surface area contributed by atoms with Crippen molar-refractivity contribution in [1.29, 1.82) is 5.26 Å². The lowest BCUT2D eigenvalue weighted by molar-refractivity contribution is 0.945. The van der Waals surface area contributed by atoms with Crippen LogP contribution in [0.4, 0.5) is 0 Å². The molecule has 0 unspecified atom stereocenters. The molecule has 0 atom stereocenters. The number of halogens is 1. The minimum Gasteiger partial charge on any atom is -0.239 e. The molecule has 3 nitrogen and oxygen atoms in total. The predicted molar refractivity (Wildman–Crippen MR) is 47.6 cm³/mol. The van der Waals surface area contributed by atoms with Gasteiger partial charge in [-0.2, -0.15) is 10.4 Å². The van der Waals surface area contributed by atoms with Gasteiger partial charge in [-0.25, -0.2) is 4.52 Å². The van der Waals surface area contributed by atoms with Gasteiger partial charge in [-0.1, -0.05) is 0 Å². The largest absolute Gasteiger partial charge is 0.239 e. The van der Waals surface area contributed by atoms with Gasteiger partial charge in [0.15, 0.2) is 5.69 Å². The number of nitriles is 1. The molecule has 0 amide bonds. The lowest BCUT2D eigenvalue weighted by atomic mass is 10.4. The number of fused-ring (bicyclic) bond motifs is 1. The van der Waals surface area contributed by atoms with Gasteiger partial charge in [-0.15, -0.1) is 0 Å². The number of aromatic nitrogens is 2. The fourth-order valence-electron chi connectivity index (χ4n) is 1.02. The van der Waals surface area contributed by atoms with Gasteiger partial charge < -0.3 is 0 Å². The standard InChI is InChI=1S/C8H4BrN3/c9-6-1-2-8-3-7(4-10)11-12(8)5-6/h1-3,5H. The van der Waals surface area contributed by atoms with Gasteiger partial charge in [-0.3, -0.25) is 0 Å². The Morgan fingerprint density at radius 2 is 2.33 bits per heavy atom. The zero-order valence-electron chi connectivity index (χ0n) is 6.03. The molecule has 2 rings (SSSR count). The van der Waals surface area contributed by atoms with E-state index in [9.17, 15) is 0 Å². The van der Waals surface area contributed by atoms with Crippen LogP contribution in [0.25, 0.3) is 5.52 Å². The average Bonchev–Trinajstić information content (AvgIpc) is 2.46. The summed E-state index contributed by atoms with van der Waals surface area (Å²) in [5.74, 6) is 0. The minimum atomic E-state index is 0.438. The smallest absolute Gasteiger partial charge is 0.163 e. The van der Waals surface area contributed by atoms with E-state index in [1.807, 2.05) is 24.4 Å². The minimum absolute atomic E-state index is 0.438. The van der Waals surface area contributed by atoms with Crippen LogP contribution >= 0.6 is 15.9 Å². The van der Waals surface area contributed by atoms with Crippen LogP contribution in [0.5, 0.6) is 0 Å². The molecule has 0 saturated carbocycles. The van der Waals surface area contributed by atoms with E-state index >= 15 is 0 Å². The Morgan fingerprint density at radius 3 is 3.08 bits per heavy atom. The summed E-state index contributed by atoms with van der Waals surface area (Å²) in [6.07, 6.45) is 1.82. The van der Waals surface area contributed by atoms with Gasteiger partial charge in [0.1, 0.15) is 6.07 Å². The molecule has 0 aliphatic heterocycles. The molecule has 0 aliphatic carbocycles. The summed E-state index contributed by atoms with van der Waals surface area (Å²) in [5.41, 5.74) is 1.36. The molecule has 0 radical (unpaired) electrons. The van der Waals surface area contributed by atoms with E-state index in [1.54, 1.807) is 10.6 Å². The summed E-state index contributed by atoms with van der Waals surface area (Å²) in [4.78, 5) is 0. The predicted octanol–water partition coefficient (Wildman–Crippen LogP) is 1.97. The molecule has 2 heterocycles. The second kappa shape index (κ2) is 2.61. The molecular weight excluding hydrogens is 218 g/mol. The summed E-state index contributed by atoms with van der Waals surface area (Å²) < 4.78 is 2.62. The summed E-state index contributed by atoms with van der Waals surface area (Å²) in [7, 11) is 0. The quantitative estimate of drug-likeness (QED) is 0.683. The third-order valence-electron chi connectivity index (χ3n) is 1.54. The van der Waals surface area contributed by atoms with Crippen LogP contribution in [0.15, 0.2) is 28.9 Å². The highest BCUT2D eigenvalue weighted by molar-refractivity contribution is 9.10. The van der Waals surface area contributed by atoms with Crippen molar-refractivity contribution in [3.8, 4) is 6.07 Å². The van der Waals surface area contributed by atoms with Gasteiger partial charge in [0.05, 0.1) is 5.52 Å². The van der Waals surface area contributed by atoms with E-state index in [0.717, 1.165) is 9.99 Å². The van der Waals surface area contributed by atoms with Crippen LogP contribution in [0.2, 0.25) is 0 Å². The molecule has 12 heavy (non-hydrogen) atoms. The maximum Gasteiger partial charge on any atom is 0.163 e. The first-order chi connectivity index (χ1) is 5.79. The molecule has 0 fully saturated rings. The van der Waals surface area contributed by atoms with Crippen LogP contribution in [0.3, 0.4) is 0 Å². The summed E-state index contributed by atoms with van der Waals surface area (Å²) in [5, 5.41) is 12.6. The highest BCUT2D eigenvalue weighted by atomic mass is 79.9. The van der Waals surface area contributed by atoms with Gasteiger partial charge in [0.25, 0.3) is 0 Å². The molecule has 0 saturated heterocycles. The molecule has 0 aromatic carbocycles. The van der Waals surface area contributed by atoms with Gasteiger partial charge >= 0.3 is 0 Å². The second-order valence-corrected chi connectivity index (χ2v) is 3.27. The van der Waals surface area contributed by atoms with Crippen molar-refractivity contribution in [1.82, 2.24) is 9.61 Å². The van der Waals surface area contributed by atoms with E-state index in [2.05, 4.69) is 21.0 Å². The third kappa shape index (κ3) is 1.08. The van der Waals surface area contributed by atoms with E-state index in [1.165, 1.54) is 0 Å². The summed E-state index contributed by atoms with van der Waals surface area (Å²) >= 11 is 3.32. The first kappa shape index (κ1) is 7.32. The summed E-state index contributed by atoms with van der Waals surface area (Å²) in [6.45, 7) is 0. The van der Waals surface area contributed by atoms with Crippen LogP contribution in [-0.2, 0) is 0 Å². The third-order valence-corrected chi connectivity index (χ3v) is 2.01. The Labute approximate surface area is 77.4 Å². The van der Waals surface area contributed by atoms with Crippen molar-refractivity contribution < 1.29 is 0 Å². The van der Waals surface area contributed by atoms with Gasteiger partial charge in [0, 0.05) is 16.7 Å². The normalized spacial score (nSPS) is 10.0. The van der Waals surface area contributed by atoms with Gasteiger partial charge in [-0.05, 0) is 28.1 Å². The van der Waals surface area contributed by atoms with Crippen LogP contribution < -0.4 is 0 Å². The van der Waals surface area contributed by atoms with Gasteiger partial charge in [0.2, 0.25) is 0 Å². The molecule has 0 bridgehead atoms. The molecule has 0 N–H and O–H groups in total. The first-order valence-corrected chi connectivity index (χ1v) is 4.14. The molecule has 4 heteroatoms. The van der Waals surface area contributed by atoms with Crippen LogP contribution in [-0.4, -0.2) is 9.61 Å². The SMILES string of the molecule is N#Cc1cc2ccc(Br)cn2n1. The molecule has 2 aromatic rings. The fraction of sp³-hybridized carbons (Fsp3) is 0. The molecule has 0 aliphatic rings. The van der Waals surface area contributed by atoms with E-state index in [0.29, 0.717) is 5.69 Å². The van der Waals surface area contributed by atoms with Crippen molar-refractivity contribution in [3.63, 3.8) is 0 Å². The van der Waals surface area contributed by atoms with Crippen molar-refractivity contribution in [2.45, 2.75) is 0 Å². The zero-order chi connectivity index (χ0) is 8.55. The van der Waals surface area contributed by atoms with Crippen LogP contribution in [0, 0.1) is 11.3 Å².